The maximum absolute atomic E-state index is 10.5. The lowest BCUT2D eigenvalue weighted by atomic mass is 9.93. The van der Waals surface area contributed by atoms with Gasteiger partial charge in [-0.1, -0.05) is 0 Å². The lowest BCUT2D eigenvalue weighted by Crippen LogP contribution is -2.44. The summed E-state index contributed by atoms with van der Waals surface area (Å²) in [5.74, 6) is -0.652. The SMILES string of the molecule is O=C(O)C1CC(CO)CCN1. The van der Waals surface area contributed by atoms with E-state index in [9.17, 15) is 4.79 Å². The Morgan fingerprint density at radius 1 is 1.64 bits per heavy atom. The summed E-state index contributed by atoms with van der Waals surface area (Å²) in [6, 6.07) is -0.458. The monoisotopic (exact) mass is 159 g/mol. The van der Waals surface area contributed by atoms with Crippen LogP contribution in [0.25, 0.3) is 0 Å². The zero-order valence-corrected chi connectivity index (χ0v) is 6.29. The topological polar surface area (TPSA) is 69.6 Å². The molecule has 0 spiro atoms. The normalized spacial score (nSPS) is 31.7. The number of rotatable bonds is 2. The standard InChI is InChI=1S/C7H13NO3/c9-4-5-1-2-8-6(3-5)7(10)11/h5-6,8-9H,1-4H2,(H,10,11). The largest absolute Gasteiger partial charge is 0.480 e. The van der Waals surface area contributed by atoms with Crippen LogP contribution in [-0.4, -0.2) is 35.4 Å². The molecule has 0 saturated carbocycles. The second-order valence-electron chi connectivity index (χ2n) is 2.92. The van der Waals surface area contributed by atoms with Crippen molar-refractivity contribution in [3.63, 3.8) is 0 Å². The predicted octanol–water partition coefficient (Wildman–Crippen LogP) is -0.569. The van der Waals surface area contributed by atoms with Gasteiger partial charge in [0.25, 0.3) is 0 Å². The van der Waals surface area contributed by atoms with Gasteiger partial charge in [-0.15, -0.1) is 0 Å². The van der Waals surface area contributed by atoms with E-state index in [0.717, 1.165) is 6.42 Å². The molecule has 11 heavy (non-hydrogen) atoms. The van der Waals surface area contributed by atoms with E-state index in [0.29, 0.717) is 13.0 Å². The van der Waals surface area contributed by atoms with E-state index in [4.69, 9.17) is 10.2 Å². The molecule has 4 heteroatoms. The summed E-state index contributed by atoms with van der Waals surface area (Å²) in [4.78, 5) is 10.5. The summed E-state index contributed by atoms with van der Waals surface area (Å²) in [7, 11) is 0. The second-order valence-corrected chi connectivity index (χ2v) is 2.92. The summed E-state index contributed by atoms with van der Waals surface area (Å²) >= 11 is 0. The smallest absolute Gasteiger partial charge is 0.320 e. The van der Waals surface area contributed by atoms with Crippen molar-refractivity contribution in [1.29, 1.82) is 0 Å². The quantitative estimate of drug-likeness (QED) is 0.504. The van der Waals surface area contributed by atoms with Crippen LogP contribution in [0.3, 0.4) is 0 Å². The first kappa shape index (κ1) is 8.49. The zero-order chi connectivity index (χ0) is 8.27. The molecule has 0 bridgehead atoms. The number of hydrogen-bond donors (Lipinski definition) is 3. The molecule has 1 heterocycles. The van der Waals surface area contributed by atoms with Crippen molar-refractivity contribution in [3.05, 3.63) is 0 Å². The second kappa shape index (κ2) is 3.69. The molecule has 1 fully saturated rings. The number of carboxylic acids is 1. The number of hydrogen-bond acceptors (Lipinski definition) is 3. The van der Waals surface area contributed by atoms with Gasteiger partial charge in [-0.05, 0) is 25.3 Å². The van der Waals surface area contributed by atoms with E-state index >= 15 is 0 Å². The van der Waals surface area contributed by atoms with Crippen LogP contribution in [0, 0.1) is 5.92 Å². The van der Waals surface area contributed by atoms with Gasteiger partial charge < -0.3 is 15.5 Å². The van der Waals surface area contributed by atoms with Gasteiger partial charge in [0.05, 0.1) is 0 Å². The van der Waals surface area contributed by atoms with Gasteiger partial charge in [0.1, 0.15) is 6.04 Å². The number of carbonyl (C=O) groups is 1. The maximum Gasteiger partial charge on any atom is 0.320 e. The number of aliphatic hydroxyl groups excluding tert-OH is 1. The van der Waals surface area contributed by atoms with Crippen molar-refractivity contribution in [1.82, 2.24) is 5.32 Å². The number of nitrogens with one attached hydrogen (secondary N) is 1. The Bertz CT molecular complexity index is 149. The zero-order valence-electron chi connectivity index (χ0n) is 6.29. The van der Waals surface area contributed by atoms with E-state index in [1.54, 1.807) is 0 Å². The minimum absolute atomic E-state index is 0.103. The average Bonchev–Trinajstić information content (AvgIpc) is 2.05. The Morgan fingerprint density at radius 3 is 2.91 bits per heavy atom. The van der Waals surface area contributed by atoms with Gasteiger partial charge in [-0.25, -0.2) is 0 Å². The van der Waals surface area contributed by atoms with Crippen molar-refractivity contribution in [2.24, 2.45) is 5.92 Å². The third kappa shape index (κ3) is 2.17. The van der Waals surface area contributed by atoms with E-state index in [2.05, 4.69) is 5.32 Å². The first-order valence-electron chi connectivity index (χ1n) is 3.81. The summed E-state index contributed by atoms with van der Waals surface area (Å²) in [6.45, 7) is 0.799. The highest BCUT2D eigenvalue weighted by Crippen LogP contribution is 2.14. The molecule has 0 aromatic rings. The molecule has 0 aromatic carbocycles. The number of aliphatic carboxylic acids is 1. The van der Waals surface area contributed by atoms with Gasteiger partial charge in [0.2, 0.25) is 0 Å². The van der Waals surface area contributed by atoms with Crippen LogP contribution in [0.4, 0.5) is 0 Å². The molecule has 0 amide bonds. The molecule has 1 saturated heterocycles. The predicted molar refractivity (Wildman–Crippen MR) is 39.2 cm³/mol. The summed E-state index contributed by atoms with van der Waals surface area (Å²) in [5, 5.41) is 20.2. The number of piperidine rings is 1. The van der Waals surface area contributed by atoms with E-state index in [1.807, 2.05) is 0 Å². The lowest BCUT2D eigenvalue weighted by Gasteiger charge is -2.26. The minimum atomic E-state index is -0.817. The molecule has 0 aliphatic carbocycles. The third-order valence-electron chi connectivity index (χ3n) is 2.07. The fourth-order valence-corrected chi connectivity index (χ4v) is 1.35. The third-order valence-corrected chi connectivity index (χ3v) is 2.07. The Balaban J connectivity index is 2.39. The highest BCUT2D eigenvalue weighted by atomic mass is 16.4. The Hall–Kier alpha value is -0.610. The van der Waals surface area contributed by atoms with Crippen molar-refractivity contribution in [2.45, 2.75) is 18.9 Å². The van der Waals surface area contributed by atoms with Gasteiger partial charge in [-0.2, -0.15) is 0 Å². The first-order chi connectivity index (χ1) is 5.24. The van der Waals surface area contributed by atoms with Gasteiger partial charge in [-0.3, -0.25) is 4.79 Å². The molecular weight excluding hydrogens is 146 g/mol. The van der Waals surface area contributed by atoms with Crippen molar-refractivity contribution in [3.8, 4) is 0 Å². The van der Waals surface area contributed by atoms with Crippen molar-refractivity contribution in [2.75, 3.05) is 13.2 Å². The van der Waals surface area contributed by atoms with Crippen LogP contribution >= 0.6 is 0 Å². The summed E-state index contributed by atoms with van der Waals surface area (Å²) in [6.07, 6.45) is 1.42. The minimum Gasteiger partial charge on any atom is -0.480 e. The summed E-state index contributed by atoms with van der Waals surface area (Å²) in [5.41, 5.74) is 0. The molecule has 4 nitrogen and oxygen atoms in total. The highest BCUT2D eigenvalue weighted by Gasteiger charge is 2.25. The van der Waals surface area contributed by atoms with Crippen LogP contribution in [0.1, 0.15) is 12.8 Å². The molecule has 0 radical (unpaired) electrons. The highest BCUT2D eigenvalue weighted by molar-refractivity contribution is 5.73. The fraction of sp³-hybridized carbons (Fsp3) is 0.857. The van der Waals surface area contributed by atoms with Crippen LogP contribution in [0.5, 0.6) is 0 Å². The average molecular weight is 159 g/mol. The van der Waals surface area contributed by atoms with Crippen LogP contribution < -0.4 is 5.32 Å². The van der Waals surface area contributed by atoms with E-state index in [1.165, 1.54) is 0 Å². The molecule has 1 aliphatic rings. The Labute approximate surface area is 65.2 Å². The molecule has 3 N–H and O–H groups in total. The lowest BCUT2D eigenvalue weighted by molar-refractivity contribution is -0.140. The molecule has 1 aliphatic heterocycles. The van der Waals surface area contributed by atoms with E-state index < -0.39 is 12.0 Å². The maximum atomic E-state index is 10.5. The molecule has 0 aromatic heterocycles. The van der Waals surface area contributed by atoms with E-state index in [-0.39, 0.29) is 12.5 Å². The fourth-order valence-electron chi connectivity index (χ4n) is 1.35. The van der Waals surface area contributed by atoms with Crippen molar-refractivity contribution < 1.29 is 15.0 Å². The van der Waals surface area contributed by atoms with Crippen LogP contribution in [0.15, 0.2) is 0 Å². The molecule has 1 rings (SSSR count). The van der Waals surface area contributed by atoms with Crippen molar-refractivity contribution >= 4 is 5.97 Å². The van der Waals surface area contributed by atoms with Crippen LogP contribution in [-0.2, 0) is 4.79 Å². The first-order valence-corrected chi connectivity index (χ1v) is 3.81. The van der Waals surface area contributed by atoms with Gasteiger partial charge >= 0.3 is 5.97 Å². The van der Waals surface area contributed by atoms with Crippen LogP contribution in [0.2, 0.25) is 0 Å². The molecular formula is C7H13NO3. The summed E-state index contributed by atoms with van der Waals surface area (Å²) < 4.78 is 0. The molecule has 2 atom stereocenters. The number of carboxylic acid groups (broad SMARTS) is 1. The molecule has 2 unspecified atom stereocenters. The Kier molecular flexibility index (Phi) is 2.84. The Morgan fingerprint density at radius 2 is 2.36 bits per heavy atom. The van der Waals surface area contributed by atoms with Gasteiger partial charge in [0, 0.05) is 6.61 Å². The number of aliphatic hydroxyl groups is 1. The molecule has 64 valence electrons. The van der Waals surface area contributed by atoms with Gasteiger partial charge in [0.15, 0.2) is 0 Å².